The van der Waals surface area contributed by atoms with Crippen LogP contribution in [0.2, 0.25) is 0 Å². The second kappa shape index (κ2) is 11.6. The van der Waals surface area contributed by atoms with E-state index in [-0.39, 0.29) is 47.9 Å². The molecular formula is C21H36IN5O. The van der Waals surface area contributed by atoms with E-state index in [0.717, 1.165) is 32.0 Å². The number of hydrogen-bond donors (Lipinski definition) is 2. The predicted octanol–water partition coefficient (Wildman–Crippen LogP) is 2.64. The molecule has 1 aliphatic heterocycles. The van der Waals surface area contributed by atoms with E-state index in [1.165, 1.54) is 11.1 Å². The van der Waals surface area contributed by atoms with Crippen LogP contribution in [0, 0.1) is 12.8 Å². The number of benzene rings is 1. The van der Waals surface area contributed by atoms with E-state index in [9.17, 15) is 4.79 Å². The number of carbonyl (C=O) groups is 1. The van der Waals surface area contributed by atoms with Crippen molar-refractivity contribution in [3.63, 3.8) is 0 Å². The van der Waals surface area contributed by atoms with Crippen molar-refractivity contribution in [3.05, 3.63) is 35.4 Å². The van der Waals surface area contributed by atoms with E-state index in [1.54, 1.807) is 7.05 Å². The molecule has 1 aliphatic rings. The van der Waals surface area contributed by atoms with Gasteiger partial charge < -0.3 is 20.4 Å². The van der Waals surface area contributed by atoms with Gasteiger partial charge in [0.05, 0.1) is 6.04 Å². The number of likely N-dealkylation sites (N-methyl/N-ethyl adjacent to an activating group) is 1. The number of halogens is 1. The first-order valence-corrected chi connectivity index (χ1v) is 9.80. The maximum Gasteiger partial charge on any atom is 0.225 e. The van der Waals surface area contributed by atoms with Gasteiger partial charge in [0.25, 0.3) is 0 Å². The van der Waals surface area contributed by atoms with Gasteiger partial charge in [-0.3, -0.25) is 9.79 Å². The summed E-state index contributed by atoms with van der Waals surface area (Å²) in [6.45, 7) is 8.33. The van der Waals surface area contributed by atoms with Crippen LogP contribution in [0.25, 0.3) is 0 Å². The number of likely N-dealkylation sites (tertiary alicyclic amines) is 1. The molecule has 1 saturated heterocycles. The standard InChI is InChI=1S/C21H35N5O.HI/c1-15(2)20(27)26-12-11-18(14-26)24-21(22-4)23-13-19(25(5)6)17-9-7-16(3)8-10-17;/h7-10,15,18-19H,11-14H2,1-6H3,(H2,22,23,24);1H. The molecule has 2 atom stereocenters. The van der Waals surface area contributed by atoms with Crippen molar-refractivity contribution in [2.75, 3.05) is 40.8 Å². The van der Waals surface area contributed by atoms with E-state index in [1.807, 2.05) is 18.7 Å². The van der Waals surface area contributed by atoms with Crippen LogP contribution < -0.4 is 10.6 Å². The monoisotopic (exact) mass is 501 g/mol. The Bertz CT molecular complexity index is 645. The molecule has 2 unspecified atom stereocenters. The zero-order valence-corrected chi connectivity index (χ0v) is 20.4. The number of amides is 1. The minimum absolute atomic E-state index is 0. The molecule has 0 aliphatic carbocycles. The van der Waals surface area contributed by atoms with E-state index >= 15 is 0 Å². The zero-order valence-electron chi connectivity index (χ0n) is 18.0. The van der Waals surface area contributed by atoms with Gasteiger partial charge in [-0.15, -0.1) is 24.0 Å². The highest BCUT2D eigenvalue weighted by atomic mass is 127. The Morgan fingerprint density at radius 3 is 2.46 bits per heavy atom. The maximum atomic E-state index is 12.2. The Labute approximate surface area is 187 Å². The van der Waals surface area contributed by atoms with Crippen molar-refractivity contribution in [1.29, 1.82) is 0 Å². The van der Waals surface area contributed by atoms with E-state index in [4.69, 9.17) is 0 Å². The molecule has 1 amide bonds. The first-order valence-electron chi connectivity index (χ1n) is 9.80. The smallest absolute Gasteiger partial charge is 0.225 e. The van der Waals surface area contributed by atoms with Crippen molar-refractivity contribution < 1.29 is 4.79 Å². The van der Waals surface area contributed by atoms with E-state index < -0.39 is 0 Å². The van der Waals surface area contributed by atoms with Crippen LogP contribution in [-0.4, -0.2) is 68.5 Å². The van der Waals surface area contributed by atoms with Gasteiger partial charge in [0.1, 0.15) is 0 Å². The lowest BCUT2D eigenvalue weighted by molar-refractivity contribution is -0.133. The Kier molecular flexibility index (Phi) is 10.2. The molecule has 0 spiro atoms. The van der Waals surface area contributed by atoms with Gasteiger partial charge in [-0.2, -0.15) is 0 Å². The van der Waals surface area contributed by atoms with Crippen molar-refractivity contribution in [1.82, 2.24) is 20.4 Å². The molecule has 0 aromatic heterocycles. The molecule has 0 saturated carbocycles. The molecule has 1 heterocycles. The first kappa shape index (κ1) is 24.7. The highest BCUT2D eigenvalue weighted by Gasteiger charge is 2.28. The fraction of sp³-hybridized carbons (Fsp3) is 0.619. The molecule has 28 heavy (non-hydrogen) atoms. The summed E-state index contributed by atoms with van der Waals surface area (Å²) >= 11 is 0. The van der Waals surface area contributed by atoms with Gasteiger partial charge in [-0.1, -0.05) is 43.7 Å². The van der Waals surface area contributed by atoms with Crippen molar-refractivity contribution in [3.8, 4) is 0 Å². The summed E-state index contributed by atoms with van der Waals surface area (Å²) in [5.41, 5.74) is 2.55. The molecule has 0 bridgehead atoms. The topological polar surface area (TPSA) is 60.0 Å². The lowest BCUT2D eigenvalue weighted by Gasteiger charge is -2.27. The summed E-state index contributed by atoms with van der Waals surface area (Å²) in [5.74, 6) is 1.07. The Morgan fingerprint density at radius 1 is 1.29 bits per heavy atom. The average Bonchev–Trinajstić information content (AvgIpc) is 3.09. The number of nitrogens with one attached hydrogen (secondary N) is 2. The van der Waals surface area contributed by atoms with E-state index in [2.05, 4.69) is 65.8 Å². The van der Waals surface area contributed by atoms with E-state index in [0.29, 0.717) is 0 Å². The third kappa shape index (κ3) is 6.92. The Hall–Kier alpha value is -1.35. The van der Waals surface area contributed by atoms with Crippen molar-refractivity contribution >= 4 is 35.8 Å². The molecule has 1 fully saturated rings. The summed E-state index contributed by atoms with van der Waals surface area (Å²) < 4.78 is 0. The van der Waals surface area contributed by atoms with Crippen LogP contribution in [0.5, 0.6) is 0 Å². The van der Waals surface area contributed by atoms with Gasteiger partial charge in [-0.25, -0.2) is 0 Å². The molecule has 1 aromatic rings. The summed E-state index contributed by atoms with van der Waals surface area (Å²) in [6.07, 6.45) is 0.953. The van der Waals surface area contributed by atoms with Crippen LogP contribution >= 0.6 is 24.0 Å². The van der Waals surface area contributed by atoms with Gasteiger partial charge in [0.15, 0.2) is 5.96 Å². The fourth-order valence-corrected chi connectivity index (χ4v) is 3.41. The number of nitrogens with zero attached hydrogens (tertiary/aromatic N) is 3. The molecule has 158 valence electrons. The number of guanidine groups is 1. The molecule has 6 nitrogen and oxygen atoms in total. The summed E-state index contributed by atoms with van der Waals surface area (Å²) in [4.78, 5) is 20.7. The van der Waals surface area contributed by atoms with Crippen molar-refractivity contribution in [2.45, 2.75) is 39.3 Å². The number of carbonyl (C=O) groups excluding carboxylic acids is 1. The minimum atomic E-state index is 0. The molecule has 7 heteroatoms. The maximum absolute atomic E-state index is 12.2. The number of rotatable bonds is 6. The Balaban J connectivity index is 0.00000392. The van der Waals surface area contributed by atoms with Crippen LogP contribution in [0.1, 0.15) is 37.4 Å². The molecular weight excluding hydrogens is 465 g/mol. The van der Waals surface area contributed by atoms with Crippen molar-refractivity contribution in [2.24, 2.45) is 10.9 Å². The zero-order chi connectivity index (χ0) is 20.0. The second-order valence-corrected chi connectivity index (χ2v) is 7.91. The molecule has 2 N–H and O–H groups in total. The first-order chi connectivity index (χ1) is 12.8. The predicted molar refractivity (Wildman–Crippen MR) is 127 cm³/mol. The molecule has 1 aromatic carbocycles. The number of aryl methyl sites for hydroxylation is 1. The van der Waals surface area contributed by atoms with Crippen LogP contribution in [0.15, 0.2) is 29.3 Å². The number of hydrogen-bond acceptors (Lipinski definition) is 3. The highest BCUT2D eigenvalue weighted by Crippen LogP contribution is 2.18. The lowest BCUT2D eigenvalue weighted by Crippen LogP contribution is -2.47. The summed E-state index contributed by atoms with van der Waals surface area (Å²) in [5, 5.41) is 6.92. The summed E-state index contributed by atoms with van der Waals surface area (Å²) in [7, 11) is 5.97. The minimum Gasteiger partial charge on any atom is -0.354 e. The largest absolute Gasteiger partial charge is 0.354 e. The average molecular weight is 501 g/mol. The van der Waals surface area contributed by atoms with Crippen LogP contribution in [-0.2, 0) is 4.79 Å². The second-order valence-electron chi connectivity index (χ2n) is 7.91. The molecule has 2 rings (SSSR count). The van der Waals surface area contributed by atoms with Gasteiger partial charge in [0, 0.05) is 38.6 Å². The number of aliphatic imine (C=N–C) groups is 1. The van der Waals surface area contributed by atoms with Gasteiger partial charge >= 0.3 is 0 Å². The lowest BCUT2D eigenvalue weighted by atomic mass is 10.0. The van der Waals surface area contributed by atoms with Gasteiger partial charge in [-0.05, 0) is 33.0 Å². The third-order valence-electron chi connectivity index (χ3n) is 5.11. The van der Waals surface area contributed by atoms with Crippen LogP contribution in [0.4, 0.5) is 0 Å². The SMILES string of the molecule is CN=C(NCC(c1ccc(C)cc1)N(C)C)NC1CCN(C(=O)C(C)C)C1.I. The Morgan fingerprint density at radius 2 is 1.93 bits per heavy atom. The fourth-order valence-electron chi connectivity index (χ4n) is 3.41. The highest BCUT2D eigenvalue weighted by molar-refractivity contribution is 14.0. The van der Waals surface area contributed by atoms with Crippen LogP contribution in [0.3, 0.4) is 0 Å². The summed E-state index contributed by atoms with van der Waals surface area (Å²) in [6, 6.07) is 9.17. The third-order valence-corrected chi connectivity index (χ3v) is 5.11. The normalized spacial score (nSPS) is 18.2. The van der Waals surface area contributed by atoms with Gasteiger partial charge in [0.2, 0.25) is 5.91 Å². The quantitative estimate of drug-likeness (QED) is 0.358. The molecule has 0 radical (unpaired) electrons.